The predicted molar refractivity (Wildman–Crippen MR) is 71.1 cm³/mol. The van der Waals surface area contributed by atoms with Gasteiger partial charge in [0.1, 0.15) is 0 Å². The summed E-state index contributed by atoms with van der Waals surface area (Å²) in [7, 11) is 0. The van der Waals surface area contributed by atoms with Crippen LogP contribution in [0.2, 0.25) is 0 Å². The third-order valence-corrected chi connectivity index (χ3v) is 3.69. The highest BCUT2D eigenvalue weighted by molar-refractivity contribution is 5.82. The van der Waals surface area contributed by atoms with Gasteiger partial charge in [-0.1, -0.05) is 25.1 Å². The maximum atomic E-state index is 4.44. The van der Waals surface area contributed by atoms with Crippen molar-refractivity contribution in [2.75, 3.05) is 13.1 Å². The number of hydrogen-bond donors (Lipinski definition) is 1. The molecular formula is C15H18N2. The van der Waals surface area contributed by atoms with Crippen molar-refractivity contribution in [2.24, 2.45) is 5.92 Å². The van der Waals surface area contributed by atoms with Crippen LogP contribution in [-0.4, -0.2) is 18.1 Å². The van der Waals surface area contributed by atoms with Crippen LogP contribution in [0.4, 0.5) is 0 Å². The van der Waals surface area contributed by atoms with E-state index in [1.165, 1.54) is 17.4 Å². The molecule has 17 heavy (non-hydrogen) atoms. The molecule has 0 aliphatic carbocycles. The van der Waals surface area contributed by atoms with Crippen molar-refractivity contribution >= 4 is 10.9 Å². The summed E-state index contributed by atoms with van der Waals surface area (Å²) in [6.45, 7) is 4.57. The van der Waals surface area contributed by atoms with Gasteiger partial charge < -0.3 is 5.32 Å². The van der Waals surface area contributed by atoms with Crippen molar-refractivity contribution < 1.29 is 0 Å². The molecule has 0 saturated carbocycles. The van der Waals surface area contributed by atoms with E-state index in [2.05, 4.69) is 41.5 Å². The van der Waals surface area contributed by atoms with Gasteiger partial charge in [0.05, 0.1) is 5.52 Å². The Morgan fingerprint density at radius 1 is 1.18 bits per heavy atom. The zero-order valence-electron chi connectivity index (χ0n) is 10.2. The minimum atomic E-state index is 0.631. The first-order valence-electron chi connectivity index (χ1n) is 6.39. The predicted octanol–water partition coefficient (Wildman–Crippen LogP) is 2.95. The molecule has 1 fully saturated rings. The molecule has 88 valence electrons. The Labute approximate surface area is 102 Å². The average Bonchev–Trinajstić information content (AvgIpc) is 2.38. The minimum absolute atomic E-state index is 0.631. The number of piperidine rings is 1. The number of nitrogens with one attached hydrogen (secondary N) is 1. The van der Waals surface area contributed by atoms with Crippen molar-refractivity contribution in [3.63, 3.8) is 0 Å². The second-order valence-electron chi connectivity index (χ2n) is 5.11. The Balaban J connectivity index is 2.04. The van der Waals surface area contributed by atoms with Crippen molar-refractivity contribution in [1.29, 1.82) is 0 Å². The van der Waals surface area contributed by atoms with E-state index in [9.17, 15) is 0 Å². The molecular weight excluding hydrogens is 208 g/mol. The van der Waals surface area contributed by atoms with Crippen molar-refractivity contribution in [3.8, 4) is 0 Å². The van der Waals surface area contributed by atoms with E-state index in [1.54, 1.807) is 0 Å². The summed E-state index contributed by atoms with van der Waals surface area (Å²) >= 11 is 0. The maximum Gasteiger partial charge on any atom is 0.0704 e. The molecule has 0 bridgehead atoms. The topological polar surface area (TPSA) is 24.9 Å². The Morgan fingerprint density at radius 3 is 3.00 bits per heavy atom. The van der Waals surface area contributed by atoms with Crippen LogP contribution >= 0.6 is 0 Å². The second kappa shape index (κ2) is 4.46. The van der Waals surface area contributed by atoms with Gasteiger partial charge in [0, 0.05) is 18.1 Å². The van der Waals surface area contributed by atoms with E-state index in [-0.39, 0.29) is 0 Å². The Morgan fingerprint density at radius 2 is 2.12 bits per heavy atom. The Hall–Kier alpha value is -1.41. The lowest BCUT2D eigenvalue weighted by Crippen LogP contribution is -2.33. The minimum Gasteiger partial charge on any atom is -0.316 e. The van der Waals surface area contributed by atoms with Gasteiger partial charge in [-0.05, 0) is 42.5 Å². The SMILES string of the molecule is CC1CNC[C@@H](c2cccc3ncccc23)C1. The largest absolute Gasteiger partial charge is 0.316 e. The van der Waals surface area contributed by atoms with E-state index in [0.717, 1.165) is 24.5 Å². The van der Waals surface area contributed by atoms with Gasteiger partial charge in [-0.2, -0.15) is 0 Å². The molecule has 2 heteroatoms. The number of nitrogens with zero attached hydrogens (tertiary/aromatic N) is 1. The van der Waals surface area contributed by atoms with E-state index in [1.807, 2.05) is 12.3 Å². The van der Waals surface area contributed by atoms with Gasteiger partial charge in [-0.3, -0.25) is 4.98 Å². The number of aromatic nitrogens is 1. The summed E-state index contributed by atoms with van der Waals surface area (Å²) in [4.78, 5) is 4.44. The maximum absolute atomic E-state index is 4.44. The Bertz CT molecular complexity index is 516. The lowest BCUT2D eigenvalue weighted by atomic mass is 9.85. The van der Waals surface area contributed by atoms with Crippen LogP contribution in [0.3, 0.4) is 0 Å². The first-order chi connectivity index (χ1) is 8.34. The van der Waals surface area contributed by atoms with E-state index in [0.29, 0.717) is 5.92 Å². The summed E-state index contributed by atoms with van der Waals surface area (Å²) < 4.78 is 0. The molecule has 1 unspecified atom stereocenters. The molecule has 1 aromatic carbocycles. The standard InChI is InChI=1S/C15H18N2/c1-11-8-12(10-16-9-11)13-4-2-6-15-14(13)5-3-7-17-15/h2-7,11-12,16H,8-10H2,1H3/t11?,12-/m0/s1. The molecule has 1 N–H and O–H groups in total. The van der Waals surface area contributed by atoms with Crippen LogP contribution in [0.5, 0.6) is 0 Å². The molecule has 1 aliphatic rings. The highest BCUT2D eigenvalue weighted by Gasteiger charge is 2.21. The van der Waals surface area contributed by atoms with Crippen LogP contribution in [0.25, 0.3) is 10.9 Å². The van der Waals surface area contributed by atoms with E-state index in [4.69, 9.17) is 0 Å². The van der Waals surface area contributed by atoms with Crippen LogP contribution in [0, 0.1) is 5.92 Å². The molecule has 0 spiro atoms. The summed E-state index contributed by atoms with van der Waals surface area (Å²) in [5, 5.41) is 4.84. The number of pyridine rings is 1. The second-order valence-corrected chi connectivity index (χ2v) is 5.11. The zero-order valence-corrected chi connectivity index (χ0v) is 10.2. The summed E-state index contributed by atoms with van der Waals surface area (Å²) in [5.41, 5.74) is 2.57. The van der Waals surface area contributed by atoms with Crippen molar-refractivity contribution in [1.82, 2.24) is 10.3 Å². The van der Waals surface area contributed by atoms with E-state index < -0.39 is 0 Å². The number of hydrogen-bond acceptors (Lipinski definition) is 2. The fourth-order valence-corrected chi connectivity index (χ4v) is 2.88. The first-order valence-corrected chi connectivity index (χ1v) is 6.39. The van der Waals surface area contributed by atoms with Crippen LogP contribution < -0.4 is 5.32 Å². The van der Waals surface area contributed by atoms with Gasteiger partial charge in [0.25, 0.3) is 0 Å². The molecule has 1 aromatic heterocycles. The molecule has 0 radical (unpaired) electrons. The lowest BCUT2D eigenvalue weighted by Gasteiger charge is -2.28. The normalized spacial score (nSPS) is 25.0. The van der Waals surface area contributed by atoms with Crippen molar-refractivity contribution in [3.05, 3.63) is 42.1 Å². The number of benzene rings is 1. The quantitative estimate of drug-likeness (QED) is 0.808. The summed E-state index contributed by atoms with van der Waals surface area (Å²) in [5.74, 6) is 1.40. The molecule has 2 nitrogen and oxygen atoms in total. The molecule has 2 heterocycles. The molecule has 3 rings (SSSR count). The van der Waals surface area contributed by atoms with Gasteiger partial charge in [-0.15, -0.1) is 0 Å². The zero-order chi connectivity index (χ0) is 11.7. The lowest BCUT2D eigenvalue weighted by molar-refractivity contribution is 0.365. The Kier molecular flexibility index (Phi) is 2.81. The van der Waals surface area contributed by atoms with Gasteiger partial charge in [0.15, 0.2) is 0 Å². The monoisotopic (exact) mass is 226 g/mol. The molecule has 1 saturated heterocycles. The van der Waals surface area contributed by atoms with Gasteiger partial charge >= 0.3 is 0 Å². The third kappa shape index (κ3) is 2.05. The summed E-state index contributed by atoms with van der Waals surface area (Å²) in [6, 6.07) is 10.7. The number of fused-ring (bicyclic) bond motifs is 1. The van der Waals surface area contributed by atoms with Crippen LogP contribution in [0.1, 0.15) is 24.8 Å². The average molecular weight is 226 g/mol. The highest BCUT2D eigenvalue weighted by Crippen LogP contribution is 2.30. The number of rotatable bonds is 1. The van der Waals surface area contributed by atoms with Crippen LogP contribution in [-0.2, 0) is 0 Å². The smallest absolute Gasteiger partial charge is 0.0704 e. The molecule has 0 amide bonds. The fourth-order valence-electron chi connectivity index (χ4n) is 2.88. The van der Waals surface area contributed by atoms with Gasteiger partial charge in [0.2, 0.25) is 0 Å². The molecule has 1 aliphatic heterocycles. The highest BCUT2D eigenvalue weighted by atomic mass is 14.9. The summed E-state index contributed by atoms with van der Waals surface area (Å²) in [6.07, 6.45) is 3.15. The molecule has 2 atom stereocenters. The fraction of sp³-hybridized carbons (Fsp3) is 0.400. The molecule has 2 aromatic rings. The van der Waals surface area contributed by atoms with Crippen molar-refractivity contribution in [2.45, 2.75) is 19.3 Å². The van der Waals surface area contributed by atoms with E-state index >= 15 is 0 Å². The van der Waals surface area contributed by atoms with Gasteiger partial charge in [-0.25, -0.2) is 0 Å². The van der Waals surface area contributed by atoms with Crippen LogP contribution in [0.15, 0.2) is 36.5 Å². The first kappa shape index (κ1) is 10.7. The third-order valence-electron chi connectivity index (χ3n) is 3.69.